The number of carboxylic acid groups (broad SMARTS) is 1. The van der Waals surface area contributed by atoms with Crippen LogP contribution in [0.1, 0.15) is 84.0 Å². The number of hydrogen-bond acceptors (Lipinski definition) is 3. The van der Waals surface area contributed by atoms with Gasteiger partial charge >= 0.3 is 5.97 Å². The molecule has 1 aliphatic carbocycles. The van der Waals surface area contributed by atoms with Crippen molar-refractivity contribution in [1.82, 2.24) is 0 Å². The van der Waals surface area contributed by atoms with Crippen LogP contribution in [0.2, 0.25) is 0 Å². The van der Waals surface area contributed by atoms with Crippen LogP contribution in [0.5, 0.6) is 0 Å². The molecule has 4 atom stereocenters. The van der Waals surface area contributed by atoms with E-state index in [1.54, 1.807) is 0 Å². The molecule has 0 aromatic carbocycles. The summed E-state index contributed by atoms with van der Waals surface area (Å²) in [6.07, 6.45) is 14.8. The first-order chi connectivity index (χ1) is 11.6. The van der Waals surface area contributed by atoms with E-state index in [4.69, 9.17) is 5.11 Å². The monoisotopic (exact) mass is 340 g/mol. The molecular formula is C20H36O4. The predicted octanol–water partition coefficient (Wildman–Crippen LogP) is 4.30. The normalized spacial score (nSPS) is 27.1. The number of rotatable bonds is 13. The van der Waals surface area contributed by atoms with E-state index < -0.39 is 18.2 Å². The molecule has 1 aliphatic rings. The van der Waals surface area contributed by atoms with Crippen molar-refractivity contribution in [3.05, 3.63) is 12.2 Å². The Morgan fingerprint density at radius 3 is 2.33 bits per heavy atom. The van der Waals surface area contributed by atoms with Crippen LogP contribution in [0, 0.1) is 11.8 Å². The number of carboxylic acids is 1. The standard InChI is InChI=1S/C20H36O4/c1-2-3-4-5-6-7-8-9-10-12-16-17(13-11-14-20(23)24)19(22)15-18(16)21/h9-10,16-19,21-22H,2-8,11-15H2,1H3,(H,23,24). The summed E-state index contributed by atoms with van der Waals surface area (Å²) in [6, 6.07) is 0. The third-order valence-electron chi connectivity index (χ3n) is 5.25. The van der Waals surface area contributed by atoms with Gasteiger partial charge in [-0.3, -0.25) is 4.79 Å². The first-order valence-corrected chi connectivity index (χ1v) is 9.79. The van der Waals surface area contributed by atoms with Crippen LogP contribution in [-0.4, -0.2) is 33.5 Å². The number of allylic oxidation sites excluding steroid dienone is 2. The highest BCUT2D eigenvalue weighted by atomic mass is 16.4. The summed E-state index contributed by atoms with van der Waals surface area (Å²) in [5, 5.41) is 29.0. The van der Waals surface area contributed by atoms with Crippen LogP contribution in [-0.2, 0) is 4.79 Å². The molecule has 4 unspecified atom stereocenters. The summed E-state index contributed by atoms with van der Waals surface area (Å²) in [4.78, 5) is 10.6. The molecule has 3 N–H and O–H groups in total. The number of aliphatic hydroxyl groups excluding tert-OH is 2. The summed E-state index contributed by atoms with van der Waals surface area (Å²) >= 11 is 0. The zero-order valence-corrected chi connectivity index (χ0v) is 15.2. The summed E-state index contributed by atoms with van der Waals surface area (Å²) in [5.41, 5.74) is 0. The maximum absolute atomic E-state index is 10.6. The minimum atomic E-state index is -0.793. The van der Waals surface area contributed by atoms with Gasteiger partial charge in [-0.25, -0.2) is 0 Å². The molecule has 4 heteroatoms. The summed E-state index contributed by atoms with van der Waals surface area (Å²) in [6.45, 7) is 2.23. The largest absolute Gasteiger partial charge is 0.481 e. The maximum atomic E-state index is 10.6. The number of aliphatic hydroxyl groups is 2. The Bertz CT molecular complexity index is 367. The molecule has 1 saturated carbocycles. The first-order valence-electron chi connectivity index (χ1n) is 9.79. The molecule has 0 aromatic heterocycles. The lowest BCUT2D eigenvalue weighted by atomic mass is 9.86. The van der Waals surface area contributed by atoms with E-state index in [0.29, 0.717) is 19.3 Å². The van der Waals surface area contributed by atoms with Crippen molar-refractivity contribution < 1.29 is 20.1 Å². The van der Waals surface area contributed by atoms with Crippen LogP contribution in [0.15, 0.2) is 12.2 Å². The van der Waals surface area contributed by atoms with E-state index >= 15 is 0 Å². The second-order valence-corrected chi connectivity index (χ2v) is 7.25. The second kappa shape index (κ2) is 12.5. The molecule has 0 aliphatic heterocycles. The van der Waals surface area contributed by atoms with Crippen LogP contribution in [0.25, 0.3) is 0 Å². The molecule has 0 aromatic rings. The van der Waals surface area contributed by atoms with E-state index in [0.717, 1.165) is 12.8 Å². The highest BCUT2D eigenvalue weighted by Gasteiger charge is 2.40. The van der Waals surface area contributed by atoms with Gasteiger partial charge in [0.15, 0.2) is 0 Å². The predicted molar refractivity (Wildman–Crippen MR) is 96.8 cm³/mol. The Balaban J connectivity index is 2.24. The van der Waals surface area contributed by atoms with Crippen LogP contribution >= 0.6 is 0 Å². The van der Waals surface area contributed by atoms with Gasteiger partial charge in [0.25, 0.3) is 0 Å². The Morgan fingerprint density at radius 1 is 0.958 bits per heavy atom. The molecule has 0 saturated heterocycles. The molecule has 0 radical (unpaired) electrons. The van der Waals surface area contributed by atoms with Crippen LogP contribution < -0.4 is 0 Å². The van der Waals surface area contributed by atoms with Crippen molar-refractivity contribution in [2.45, 2.75) is 96.2 Å². The molecule has 0 bridgehead atoms. The van der Waals surface area contributed by atoms with Gasteiger partial charge in [-0.2, -0.15) is 0 Å². The Hall–Kier alpha value is -0.870. The van der Waals surface area contributed by atoms with E-state index in [2.05, 4.69) is 19.1 Å². The zero-order valence-electron chi connectivity index (χ0n) is 15.2. The van der Waals surface area contributed by atoms with E-state index in [1.807, 2.05) is 0 Å². The van der Waals surface area contributed by atoms with Gasteiger partial charge in [0.2, 0.25) is 0 Å². The number of unbranched alkanes of at least 4 members (excludes halogenated alkanes) is 6. The van der Waals surface area contributed by atoms with Crippen molar-refractivity contribution in [1.29, 1.82) is 0 Å². The van der Waals surface area contributed by atoms with Crippen molar-refractivity contribution >= 4 is 5.97 Å². The Labute approximate surface area is 147 Å². The highest BCUT2D eigenvalue weighted by Crippen LogP contribution is 2.38. The minimum Gasteiger partial charge on any atom is -0.481 e. The lowest BCUT2D eigenvalue weighted by Crippen LogP contribution is -2.22. The topological polar surface area (TPSA) is 77.8 Å². The quantitative estimate of drug-likeness (QED) is 0.345. The summed E-state index contributed by atoms with van der Waals surface area (Å²) < 4.78 is 0. The molecule has 140 valence electrons. The van der Waals surface area contributed by atoms with Gasteiger partial charge in [0.05, 0.1) is 12.2 Å². The molecule has 0 amide bonds. The van der Waals surface area contributed by atoms with Gasteiger partial charge in [0, 0.05) is 6.42 Å². The summed E-state index contributed by atoms with van der Waals surface area (Å²) in [7, 11) is 0. The smallest absolute Gasteiger partial charge is 0.303 e. The van der Waals surface area contributed by atoms with Crippen molar-refractivity contribution in [3.63, 3.8) is 0 Å². The molecule has 4 nitrogen and oxygen atoms in total. The third kappa shape index (κ3) is 8.29. The fourth-order valence-electron chi connectivity index (χ4n) is 3.81. The molecule has 0 spiro atoms. The zero-order chi connectivity index (χ0) is 17.8. The number of hydrogen-bond donors (Lipinski definition) is 3. The maximum Gasteiger partial charge on any atom is 0.303 e. The first kappa shape index (κ1) is 21.2. The Kier molecular flexibility index (Phi) is 11.0. The van der Waals surface area contributed by atoms with Gasteiger partial charge in [-0.05, 0) is 50.4 Å². The van der Waals surface area contributed by atoms with Gasteiger partial charge in [-0.1, -0.05) is 51.2 Å². The Morgan fingerprint density at radius 2 is 1.62 bits per heavy atom. The van der Waals surface area contributed by atoms with E-state index in [9.17, 15) is 15.0 Å². The molecule has 1 fully saturated rings. The van der Waals surface area contributed by atoms with Crippen LogP contribution in [0.4, 0.5) is 0 Å². The lowest BCUT2D eigenvalue weighted by molar-refractivity contribution is -0.137. The van der Waals surface area contributed by atoms with Gasteiger partial charge in [0.1, 0.15) is 0 Å². The van der Waals surface area contributed by atoms with Crippen LogP contribution in [0.3, 0.4) is 0 Å². The third-order valence-corrected chi connectivity index (χ3v) is 5.25. The SMILES string of the molecule is CCCCCCCCC=CCC1C(O)CC(O)C1CCCC(=O)O. The molecule has 1 rings (SSSR count). The summed E-state index contributed by atoms with van der Waals surface area (Å²) in [5.74, 6) is -0.703. The van der Waals surface area contributed by atoms with Crippen molar-refractivity contribution in [2.75, 3.05) is 0 Å². The fourth-order valence-corrected chi connectivity index (χ4v) is 3.81. The van der Waals surface area contributed by atoms with E-state index in [1.165, 1.54) is 38.5 Å². The number of aliphatic carboxylic acids is 1. The average molecular weight is 341 g/mol. The lowest BCUT2D eigenvalue weighted by Gasteiger charge is -2.22. The number of carbonyl (C=O) groups is 1. The minimum absolute atomic E-state index is 0.0260. The van der Waals surface area contributed by atoms with Crippen molar-refractivity contribution in [3.8, 4) is 0 Å². The van der Waals surface area contributed by atoms with Crippen molar-refractivity contribution in [2.24, 2.45) is 11.8 Å². The molecule has 0 heterocycles. The van der Waals surface area contributed by atoms with Gasteiger partial charge < -0.3 is 15.3 Å². The highest BCUT2D eigenvalue weighted by molar-refractivity contribution is 5.66. The van der Waals surface area contributed by atoms with E-state index in [-0.39, 0.29) is 18.3 Å². The van der Waals surface area contributed by atoms with Gasteiger partial charge in [-0.15, -0.1) is 0 Å². The average Bonchev–Trinajstić information content (AvgIpc) is 2.79. The molecular weight excluding hydrogens is 304 g/mol. The fraction of sp³-hybridized carbons (Fsp3) is 0.850. The second-order valence-electron chi connectivity index (χ2n) is 7.25. The molecule has 24 heavy (non-hydrogen) atoms.